The van der Waals surface area contributed by atoms with E-state index in [2.05, 4.69) is 16.0 Å². The number of carbonyl (C=O) groups excluding carboxylic acids is 2. The first-order chi connectivity index (χ1) is 18.3. The number of urea groups is 2. The normalized spacial score (nSPS) is 10.3. The molecule has 16 heteroatoms. The van der Waals surface area contributed by atoms with Gasteiger partial charge in [-0.3, -0.25) is 41.7 Å². The number of primary amides is 1. The molecular weight excluding hydrogens is 524 g/mol. The molecule has 0 fully saturated rings. The molecule has 2 aromatic carbocycles. The van der Waals surface area contributed by atoms with Crippen molar-refractivity contribution in [2.75, 3.05) is 23.9 Å². The quantitative estimate of drug-likeness (QED) is 0.140. The highest BCUT2D eigenvalue weighted by Crippen LogP contribution is 2.24. The summed E-state index contributed by atoms with van der Waals surface area (Å²) in [5, 5.41) is 44.1. The lowest BCUT2D eigenvalue weighted by Crippen LogP contribution is -2.51. The fourth-order valence-corrected chi connectivity index (χ4v) is 3.26. The molecule has 0 saturated carbocycles. The summed E-state index contributed by atoms with van der Waals surface area (Å²) in [5.74, 6) is -0.335. The molecule has 0 atom stereocenters. The summed E-state index contributed by atoms with van der Waals surface area (Å²) in [5.41, 5.74) is 6.88. The molecule has 40 heavy (non-hydrogen) atoms. The maximum Gasteiger partial charge on any atom is 0.321 e. The van der Waals surface area contributed by atoms with Gasteiger partial charge in [0.2, 0.25) is 11.9 Å². The van der Waals surface area contributed by atoms with E-state index < -0.39 is 27.4 Å². The summed E-state index contributed by atoms with van der Waals surface area (Å²) < 4.78 is 0. The van der Waals surface area contributed by atoms with E-state index in [4.69, 9.17) is 16.6 Å². The molecule has 0 spiro atoms. The summed E-state index contributed by atoms with van der Waals surface area (Å²) in [7, 11) is 3.15. The van der Waals surface area contributed by atoms with Crippen LogP contribution in [0.2, 0.25) is 0 Å². The first-order valence-corrected chi connectivity index (χ1v) is 11.6. The van der Waals surface area contributed by atoms with Crippen LogP contribution < -0.4 is 31.5 Å². The fraction of sp³-hybridized carbons (Fsp3) is 0.333. The van der Waals surface area contributed by atoms with Crippen LogP contribution in [-0.2, 0) is 0 Å². The Balaban J connectivity index is 0.000000408. The van der Waals surface area contributed by atoms with Crippen LogP contribution in [-0.4, -0.2) is 53.5 Å². The van der Waals surface area contributed by atoms with Crippen molar-refractivity contribution in [3.05, 3.63) is 67.8 Å². The van der Waals surface area contributed by atoms with Crippen LogP contribution in [0, 0.1) is 44.9 Å². The second-order valence-electron chi connectivity index (χ2n) is 9.59. The maximum absolute atomic E-state index is 11.8. The summed E-state index contributed by atoms with van der Waals surface area (Å²) in [6.45, 7) is 8.89. The lowest BCUT2D eigenvalue weighted by atomic mass is 10.1. The van der Waals surface area contributed by atoms with E-state index in [0.717, 1.165) is 0 Å². The first kappa shape index (κ1) is 32.7. The van der Waals surface area contributed by atoms with Crippen molar-refractivity contribution in [2.45, 2.75) is 40.2 Å². The number of non-ortho nitro benzene ring substituents is 2. The Morgan fingerprint density at radius 2 is 1.20 bits per heavy atom. The monoisotopic (exact) mass is 558 g/mol. The third-order valence-electron chi connectivity index (χ3n) is 5.14. The minimum atomic E-state index is -0.841. The number of benzene rings is 2. The van der Waals surface area contributed by atoms with E-state index in [0.29, 0.717) is 22.5 Å². The first-order valence-electron chi connectivity index (χ1n) is 11.6. The minimum Gasteiger partial charge on any atom is -0.351 e. The van der Waals surface area contributed by atoms with Gasteiger partial charge in [-0.15, -0.1) is 0 Å². The van der Waals surface area contributed by atoms with E-state index in [1.54, 1.807) is 34.0 Å². The van der Waals surface area contributed by atoms with Crippen molar-refractivity contribution in [3.63, 3.8) is 0 Å². The van der Waals surface area contributed by atoms with Crippen molar-refractivity contribution in [1.29, 1.82) is 10.8 Å². The number of amides is 4. The molecule has 2 rings (SSSR count). The third kappa shape index (κ3) is 9.88. The number of nitro groups is 2. The zero-order valence-corrected chi connectivity index (χ0v) is 23.3. The van der Waals surface area contributed by atoms with Gasteiger partial charge < -0.3 is 20.9 Å². The zero-order chi connectivity index (χ0) is 30.9. The molecule has 4 amide bonds. The van der Waals surface area contributed by atoms with E-state index in [1.807, 2.05) is 20.8 Å². The Labute approximate surface area is 230 Å². The van der Waals surface area contributed by atoms with E-state index >= 15 is 0 Å². The van der Waals surface area contributed by atoms with Gasteiger partial charge in [-0.1, -0.05) is 0 Å². The topological polar surface area (TPSA) is 237 Å². The Morgan fingerprint density at radius 1 is 0.825 bits per heavy atom. The smallest absolute Gasteiger partial charge is 0.321 e. The lowest BCUT2D eigenvalue weighted by Gasteiger charge is -2.25. The Bertz CT molecular complexity index is 1320. The van der Waals surface area contributed by atoms with Crippen molar-refractivity contribution >= 4 is 46.7 Å². The van der Waals surface area contributed by atoms with Crippen LogP contribution in [0.4, 0.5) is 32.3 Å². The number of nitrogens with one attached hydrogen (secondary N) is 5. The summed E-state index contributed by atoms with van der Waals surface area (Å²) >= 11 is 0. The summed E-state index contributed by atoms with van der Waals surface area (Å²) in [6.07, 6.45) is 0. The molecule has 0 aromatic heterocycles. The Morgan fingerprint density at radius 3 is 1.50 bits per heavy atom. The molecule has 0 aliphatic carbocycles. The SMILES string of the molecule is Cc1cc([N+](=O)[O-])ccc1N(C)C(=N)NC(=O)NC(C)(C)C.Cc1cc([N+](=O)[O-])ccc1N(C)C(=N)NC(N)=O. The van der Waals surface area contributed by atoms with Gasteiger partial charge in [0.25, 0.3) is 11.4 Å². The molecule has 7 N–H and O–H groups in total. The summed E-state index contributed by atoms with van der Waals surface area (Å²) in [6, 6.07) is 7.24. The predicted molar refractivity (Wildman–Crippen MR) is 152 cm³/mol. The van der Waals surface area contributed by atoms with E-state index in [-0.39, 0.29) is 23.3 Å². The maximum atomic E-state index is 11.8. The number of nitro benzene ring substituents is 2. The Hall–Kier alpha value is -5.28. The molecule has 216 valence electrons. The second kappa shape index (κ2) is 13.5. The number of anilines is 2. The molecule has 0 unspecified atom stereocenters. The molecule has 16 nitrogen and oxygen atoms in total. The van der Waals surface area contributed by atoms with E-state index in [9.17, 15) is 29.8 Å². The molecule has 0 heterocycles. The number of hydrogen-bond acceptors (Lipinski definition) is 8. The standard InChI is InChI=1S/C14H21N5O3.C10H13N5O3/c1-9-8-10(19(21)22)6-7-11(9)18(5)12(15)16-13(20)17-14(2,3)4;1-6-5-7(15(17)18)3-4-8(6)14(2)9(11)13-10(12)16/h6-8H,1-5H3,(H3,15,16,17,20);3-5H,1-2H3,(H4,11,12,13,16). The van der Waals surface area contributed by atoms with Crippen LogP contribution in [0.25, 0.3) is 0 Å². The van der Waals surface area contributed by atoms with Gasteiger partial charge in [0.05, 0.1) is 9.85 Å². The predicted octanol–water partition coefficient (Wildman–Crippen LogP) is 3.31. The number of hydrogen-bond donors (Lipinski definition) is 6. The fourth-order valence-electron chi connectivity index (χ4n) is 3.26. The molecular formula is C24H34N10O6. The van der Waals surface area contributed by atoms with Crippen molar-refractivity contribution in [2.24, 2.45) is 5.73 Å². The van der Waals surface area contributed by atoms with Crippen LogP contribution >= 0.6 is 0 Å². The van der Waals surface area contributed by atoms with Gasteiger partial charge in [-0.05, 0) is 57.9 Å². The minimum absolute atomic E-state index is 0.0142. The molecule has 0 aliphatic heterocycles. The van der Waals surface area contributed by atoms with Crippen LogP contribution in [0.1, 0.15) is 31.9 Å². The molecule has 0 saturated heterocycles. The van der Waals surface area contributed by atoms with Gasteiger partial charge in [0, 0.05) is 55.3 Å². The van der Waals surface area contributed by atoms with Crippen molar-refractivity contribution in [1.82, 2.24) is 16.0 Å². The van der Waals surface area contributed by atoms with Crippen LogP contribution in [0.15, 0.2) is 36.4 Å². The number of carbonyl (C=O) groups is 2. The summed E-state index contributed by atoms with van der Waals surface area (Å²) in [4.78, 5) is 45.5. The largest absolute Gasteiger partial charge is 0.351 e. The van der Waals surface area contributed by atoms with Crippen molar-refractivity contribution < 1.29 is 19.4 Å². The van der Waals surface area contributed by atoms with Crippen LogP contribution in [0.5, 0.6) is 0 Å². The third-order valence-corrected chi connectivity index (χ3v) is 5.14. The molecule has 0 aliphatic rings. The average molecular weight is 559 g/mol. The number of nitrogens with two attached hydrogens (primary N) is 1. The highest BCUT2D eigenvalue weighted by Gasteiger charge is 2.18. The average Bonchev–Trinajstić information content (AvgIpc) is 2.81. The van der Waals surface area contributed by atoms with Gasteiger partial charge in [0.1, 0.15) is 0 Å². The lowest BCUT2D eigenvalue weighted by molar-refractivity contribution is -0.385. The molecule has 0 radical (unpaired) electrons. The van der Waals surface area contributed by atoms with Gasteiger partial charge in [-0.25, -0.2) is 9.59 Å². The van der Waals surface area contributed by atoms with Gasteiger partial charge in [-0.2, -0.15) is 0 Å². The van der Waals surface area contributed by atoms with Gasteiger partial charge in [0.15, 0.2) is 0 Å². The van der Waals surface area contributed by atoms with Crippen molar-refractivity contribution in [3.8, 4) is 0 Å². The molecule has 0 bridgehead atoms. The van der Waals surface area contributed by atoms with E-state index in [1.165, 1.54) is 40.1 Å². The highest BCUT2D eigenvalue weighted by atomic mass is 16.6. The zero-order valence-electron chi connectivity index (χ0n) is 23.3. The number of nitrogens with zero attached hydrogens (tertiary/aromatic N) is 4. The number of guanidine groups is 2. The molecule has 2 aromatic rings. The van der Waals surface area contributed by atoms with Gasteiger partial charge >= 0.3 is 12.1 Å². The highest BCUT2D eigenvalue weighted by molar-refractivity contribution is 6.04. The Kier molecular flexibility index (Phi) is 11.0. The second-order valence-corrected chi connectivity index (χ2v) is 9.59. The number of rotatable bonds is 4. The van der Waals surface area contributed by atoms with Crippen LogP contribution in [0.3, 0.4) is 0 Å². The number of aryl methyl sites for hydroxylation is 2.